The number of allylic oxidation sites excluding steroid dienone is 2. The van der Waals surface area contributed by atoms with Crippen molar-refractivity contribution < 1.29 is 14.7 Å². The largest absolute Gasteiger partial charge is 0.387 e. The van der Waals surface area contributed by atoms with Gasteiger partial charge in [0.25, 0.3) is 0 Å². The predicted molar refractivity (Wildman–Crippen MR) is 93.0 cm³/mol. The monoisotopic (exact) mass is 313 g/mol. The summed E-state index contributed by atoms with van der Waals surface area (Å²) in [7, 11) is 0. The zero-order chi connectivity index (χ0) is 17.6. The number of aliphatic hydroxyl groups excluding tert-OH is 1. The number of nitrogens with zero attached hydrogens (tertiary/aromatic N) is 1. The predicted octanol–water partition coefficient (Wildman–Crippen LogP) is 3.62. The summed E-state index contributed by atoms with van der Waals surface area (Å²) in [6.07, 6.45) is 2.16. The Balaban J connectivity index is 0.000000231. The first-order valence-corrected chi connectivity index (χ1v) is 7.44. The van der Waals surface area contributed by atoms with Crippen molar-refractivity contribution in [3.05, 3.63) is 59.3 Å². The number of benzene rings is 1. The zero-order valence-corrected chi connectivity index (χ0v) is 13.9. The molecule has 0 amide bonds. The Labute approximate surface area is 137 Å². The standard InChI is InChI=1S/C10H10O2.C9H13NO/c1-7(11)9-5-3-4-6-10(9)8(2)12;1-4-7-5-6(2)9(11)8(7)10-3/h3-6H,1-2H3;4,6,9,11H,1,3,5H2,2H3. The van der Waals surface area contributed by atoms with Gasteiger partial charge < -0.3 is 5.11 Å². The van der Waals surface area contributed by atoms with Crippen molar-refractivity contribution in [2.45, 2.75) is 33.3 Å². The number of aliphatic hydroxyl groups is 1. The maximum absolute atomic E-state index is 11.0. The number of hydrogen-bond acceptors (Lipinski definition) is 4. The summed E-state index contributed by atoms with van der Waals surface area (Å²) in [6, 6.07) is 6.84. The van der Waals surface area contributed by atoms with Gasteiger partial charge in [0.2, 0.25) is 0 Å². The molecule has 4 nitrogen and oxygen atoms in total. The van der Waals surface area contributed by atoms with Gasteiger partial charge in [-0.05, 0) is 38.5 Å². The van der Waals surface area contributed by atoms with Gasteiger partial charge in [0, 0.05) is 11.1 Å². The lowest BCUT2D eigenvalue weighted by Crippen LogP contribution is -2.12. The van der Waals surface area contributed by atoms with Gasteiger partial charge in [-0.3, -0.25) is 14.6 Å². The molecule has 0 aliphatic heterocycles. The number of rotatable bonds is 4. The molecule has 1 N–H and O–H groups in total. The van der Waals surface area contributed by atoms with Crippen LogP contribution in [0.25, 0.3) is 0 Å². The molecular formula is C19H23NO3. The summed E-state index contributed by atoms with van der Waals surface area (Å²) in [6.45, 7) is 12.0. The Bertz CT molecular complexity index is 625. The van der Waals surface area contributed by atoms with Gasteiger partial charge in [-0.1, -0.05) is 43.8 Å². The summed E-state index contributed by atoms with van der Waals surface area (Å²) < 4.78 is 0. The summed E-state index contributed by atoms with van der Waals surface area (Å²) in [4.78, 5) is 25.8. The molecule has 4 heteroatoms. The Kier molecular flexibility index (Phi) is 6.79. The van der Waals surface area contributed by atoms with Crippen LogP contribution in [0.3, 0.4) is 0 Å². The molecule has 0 heterocycles. The van der Waals surface area contributed by atoms with Crippen LogP contribution >= 0.6 is 0 Å². The third-order valence-corrected chi connectivity index (χ3v) is 3.79. The first-order valence-electron chi connectivity index (χ1n) is 7.44. The topological polar surface area (TPSA) is 66.7 Å². The summed E-state index contributed by atoms with van der Waals surface area (Å²) >= 11 is 0. The molecule has 2 unspecified atom stereocenters. The van der Waals surface area contributed by atoms with E-state index in [0.29, 0.717) is 16.8 Å². The van der Waals surface area contributed by atoms with E-state index in [2.05, 4.69) is 18.3 Å². The second-order valence-electron chi connectivity index (χ2n) is 5.56. The molecule has 0 fully saturated rings. The zero-order valence-electron chi connectivity index (χ0n) is 13.9. The molecule has 1 aliphatic rings. The highest BCUT2D eigenvalue weighted by atomic mass is 16.3. The van der Waals surface area contributed by atoms with Crippen molar-refractivity contribution in [2.24, 2.45) is 10.9 Å². The third kappa shape index (κ3) is 4.57. The van der Waals surface area contributed by atoms with Crippen LogP contribution < -0.4 is 0 Å². The fourth-order valence-corrected chi connectivity index (χ4v) is 2.50. The van der Waals surface area contributed by atoms with Gasteiger partial charge in [0.1, 0.15) is 0 Å². The van der Waals surface area contributed by atoms with E-state index in [1.807, 2.05) is 6.92 Å². The number of carbonyl (C=O) groups excluding carboxylic acids is 2. The molecule has 0 radical (unpaired) electrons. The van der Waals surface area contributed by atoms with E-state index >= 15 is 0 Å². The minimum atomic E-state index is -0.444. The maximum Gasteiger partial charge on any atom is 0.160 e. The van der Waals surface area contributed by atoms with Crippen LogP contribution in [0.4, 0.5) is 0 Å². The van der Waals surface area contributed by atoms with E-state index < -0.39 is 6.10 Å². The SMILES string of the molecule is C=CC1=C(N=C)C(O)C(C)C1.CC(=O)c1ccccc1C(C)=O. The number of hydrogen-bond donors (Lipinski definition) is 1. The second kappa shape index (κ2) is 8.34. The highest BCUT2D eigenvalue weighted by Crippen LogP contribution is 2.32. The molecular weight excluding hydrogens is 290 g/mol. The van der Waals surface area contributed by atoms with Crippen LogP contribution in [0.15, 0.2) is 53.2 Å². The van der Waals surface area contributed by atoms with Gasteiger partial charge in [-0.2, -0.15) is 0 Å². The lowest BCUT2D eigenvalue weighted by atomic mass is 10.0. The second-order valence-corrected chi connectivity index (χ2v) is 5.56. The molecule has 0 saturated heterocycles. The summed E-state index contributed by atoms with van der Waals surface area (Å²) in [5, 5.41) is 9.52. The van der Waals surface area contributed by atoms with E-state index in [1.54, 1.807) is 30.3 Å². The smallest absolute Gasteiger partial charge is 0.160 e. The fraction of sp³-hybridized carbons (Fsp3) is 0.316. The van der Waals surface area contributed by atoms with Crippen molar-refractivity contribution >= 4 is 18.3 Å². The Morgan fingerprint density at radius 2 is 1.70 bits per heavy atom. The van der Waals surface area contributed by atoms with Crippen LogP contribution in [0, 0.1) is 5.92 Å². The average molecular weight is 313 g/mol. The lowest BCUT2D eigenvalue weighted by molar-refractivity contribution is 0.0981. The quantitative estimate of drug-likeness (QED) is 0.682. The minimum Gasteiger partial charge on any atom is -0.387 e. The minimum absolute atomic E-state index is 0.0687. The molecule has 0 spiro atoms. The number of aliphatic imine (C=N–C) groups is 1. The van der Waals surface area contributed by atoms with Crippen molar-refractivity contribution in [3.63, 3.8) is 0 Å². The third-order valence-electron chi connectivity index (χ3n) is 3.79. The van der Waals surface area contributed by atoms with E-state index in [9.17, 15) is 14.7 Å². The van der Waals surface area contributed by atoms with Gasteiger partial charge in [-0.25, -0.2) is 0 Å². The van der Waals surface area contributed by atoms with Gasteiger partial charge >= 0.3 is 0 Å². The highest BCUT2D eigenvalue weighted by molar-refractivity contribution is 6.07. The first kappa shape index (κ1) is 18.7. The van der Waals surface area contributed by atoms with E-state index in [-0.39, 0.29) is 17.5 Å². The molecule has 23 heavy (non-hydrogen) atoms. The van der Waals surface area contributed by atoms with Gasteiger partial charge in [0.15, 0.2) is 11.6 Å². The van der Waals surface area contributed by atoms with Crippen molar-refractivity contribution in [3.8, 4) is 0 Å². The summed E-state index contributed by atoms with van der Waals surface area (Å²) in [5.41, 5.74) is 2.74. The first-order chi connectivity index (χ1) is 10.8. The average Bonchev–Trinajstić information content (AvgIpc) is 2.82. The van der Waals surface area contributed by atoms with E-state index in [1.165, 1.54) is 13.8 Å². The lowest BCUT2D eigenvalue weighted by Gasteiger charge is -2.08. The molecule has 2 atom stereocenters. The van der Waals surface area contributed by atoms with E-state index in [0.717, 1.165) is 12.0 Å². The number of Topliss-reactive ketones (excluding diaryl/α,β-unsaturated/α-hetero) is 2. The van der Waals surface area contributed by atoms with Crippen LogP contribution in [-0.2, 0) is 0 Å². The van der Waals surface area contributed by atoms with Gasteiger partial charge in [-0.15, -0.1) is 0 Å². The molecule has 0 aromatic heterocycles. The fourth-order valence-electron chi connectivity index (χ4n) is 2.50. The van der Waals surface area contributed by atoms with E-state index in [4.69, 9.17) is 0 Å². The van der Waals surface area contributed by atoms with Crippen LogP contribution in [-0.4, -0.2) is 29.5 Å². The van der Waals surface area contributed by atoms with Crippen molar-refractivity contribution in [1.82, 2.24) is 0 Å². The van der Waals surface area contributed by atoms with Crippen molar-refractivity contribution in [2.75, 3.05) is 0 Å². The Morgan fingerprint density at radius 1 is 1.22 bits per heavy atom. The maximum atomic E-state index is 11.0. The molecule has 1 aliphatic carbocycles. The van der Waals surface area contributed by atoms with Crippen LogP contribution in [0.1, 0.15) is 47.9 Å². The number of carbonyl (C=O) groups is 2. The molecule has 0 bridgehead atoms. The Hall–Kier alpha value is -2.33. The normalized spacial score (nSPS) is 19.7. The van der Waals surface area contributed by atoms with Gasteiger partial charge in [0.05, 0.1) is 11.8 Å². The highest BCUT2D eigenvalue weighted by Gasteiger charge is 2.28. The Morgan fingerprint density at radius 3 is 2.00 bits per heavy atom. The molecule has 1 aromatic rings. The van der Waals surface area contributed by atoms with Crippen molar-refractivity contribution in [1.29, 1.82) is 0 Å². The molecule has 1 aromatic carbocycles. The van der Waals surface area contributed by atoms with Crippen LogP contribution in [0.5, 0.6) is 0 Å². The molecule has 2 rings (SSSR count). The number of ketones is 2. The summed E-state index contributed by atoms with van der Waals surface area (Å²) in [5.74, 6) is 0.116. The van der Waals surface area contributed by atoms with Crippen LogP contribution in [0.2, 0.25) is 0 Å². The molecule has 122 valence electrons. The molecule has 0 saturated carbocycles.